The molecule has 0 amide bonds. The highest BCUT2D eigenvalue weighted by Gasteiger charge is 2.18. The molecule has 0 bridgehead atoms. The maximum Gasteiger partial charge on any atom is 0.0847 e. The Balaban J connectivity index is 2.28. The van der Waals surface area contributed by atoms with Crippen LogP contribution in [0.4, 0.5) is 0 Å². The maximum atomic E-state index is 6.38. The van der Waals surface area contributed by atoms with Crippen molar-refractivity contribution >= 4 is 23.2 Å². The summed E-state index contributed by atoms with van der Waals surface area (Å²) in [6.07, 6.45) is 0.820. The van der Waals surface area contributed by atoms with E-state index < -0.39 is 0 Å². The third-order valence-electron chi connectivity index (χ3n) is 3.63. The molecule has 0 spiro atoms. The number of rotatable bonds is 5. The van der Waals surface area contributed by atoms with Crippen molar-refractivity contribution in [1.82, 2.24) is 9.78 Å². The topological polar surface area (TPSA) is 17.8 Å². The van der Waals surface area contributed by atoms with E-state index >= 15 is 0 Å². The molecule has 4 heteroatoms. The second-order valence-electron chi connectivity index (χ2n) is 5.13. The molecule has 0 saturated carbocycles. The van der Waals surface area contributed by atoms with E-state index in [1.807, 2.05) is 11.6 Å². The molecular formula is C16H20Cl2N2. The Kier molecular flexibility index (Phi) is 5.11. The fraction of sp³-hybridized carbons (Fsp3) is 0.438. The van der Waals surface area contributed by atoms with E-state index in [4.69, 9.17) is 23.2 Å². The van der Waals surface area contributed by atoms with Gasteiger partial charge in [0.1, 0.15) is 0 Å². The van der Waals surface area contributed by atoms with Crippen molar-refractivity contribution in [3.63, 3.8) is 0 Å². The summed E-state index contributed by atoms with van der Waals surface area (Å²) in [6.45, 7) is 6.94. The molecule has 108 valence electrons. The molecule has 20 heavy (non-hydrogen) atoms. The van der Waals surface area contributed by atoms with Gasteiger partial charge in [0.05, 0.1) is 16.4 Å². The molecule has 0 radical (unpaired) electrons. The van der Waals surface area contributed by atoms with Gasteiger partial charge < -0.3 is 0 Å². The van der Waals surface area contributed by atoms with Crippen molar-refractivity contribution in [2.45, 2.75) is 39.7 Å². The van der Waals surface area contributed by atoms with Gasteiger partial charge in [-0.15, -0.1) is 11.6 Å². The first-order valence-electron chi connectivity index (χ1n) is 6.91. The summed E-state index contributed by atoms with van der Waals surface area (Å²) >= 11 is 12.6. The van der Waals surface area contributed by atoms with Gasteiger partial charge >= 0.3 is 0 Å². The highest BCUT2D eigenvalue weighted by molar-refractivity contribution is 6.31. The molecule has 1 unspecified atom stereocenters. The Morgan fingerprint density at radius 1 is 1.20 bits per heavy atom. The summed E-state index contributed by atoms with van der Waals surface area (Å²) in [7, 11) is 0. The number of benzene rings is 1. The second-order valence-corrected chi connectivity index (χ2v) is 5.81. The summed E-state index contributed by atoms with van der Waals surface area (Å²) in [4.78, 5) is 0. The van der Waals surface area contributed by atoms with Crippen LogP contribution in [0.15, 0.2) is 24.3 Å². The molecule has 0 aliphatic carbocycles. The number of aromatic nitrogens is 2. The number of hydrogen-bond acceptors (Lipinski definition) is 1. The molecule has 2 nitrogen and oxygen atoms in total. The highest BCUT2D eigenvalue weighted by atomic mass is 35.5. The van der Waals surface area contributed by atoms with E-state index in [9.17, 15) is 0 Å². The van der Waals surface area contributed by atoms with Gasteiger partial charge in [-0.3, -0.25) is 4.68 Å². The molecule has 2 rings (SSSR count). The summed E-state index contributed by atoms with van der Waals surface area (Å²) in [5.41, 5.74) is 4.48. The van der Waals surface area contributed by atoms with Crippen molar-refractivity contribution in [1.29, 1.82) is 0 Å². The average Bonchev–Trinajstić information content (AvgIpc) is 2.73. The number of hydrogen-bond donors (Lipinski definition) is 0. The normalized spacial score (nSPS) is 12.7. The van der Waals surface area contributed by atoms with Crippen molar-refractivity contribution in [3.05, 3.63) is 51.8 Å². The monoisotopic (exact) mass is 310 g/mol. The minimum absolute atomic E-state index is 0.260. The fourth-order valence-electron chi connectivity index (χ4n) is 2.40. The minimum atomic E-state index is 0.260. The average molecular weight is 311 g/mol. The van der Waals surface area contributed by atoms with Crippen molar-refractivity contribution in [2.75, 3.05) is 5.88 Å². The Morgan fingerprint density at radius 3 is 2.40 bits per heavy atom. The van der Waals surface area contributed by atoms with Crippen molar-refractivity contribution in [2.24, 2.45) is 0 Å². The first kappa shape index (κ1) is 15.4. The number of nitrogens with zero attached hydrogens (tertiary/aromatic N) is 2. The van der Waals surface area contributed by atoms with Crippen molar-refractivity contribution < 1.29 is 0 Å². The summed E-state index contributed by atoms with van der Waals surface area (Å²) in [6, 6.07) is 8.54. The molecule has 2 aromatic rings. The molecule has 0 aliphatic rings. The molecule has 0 saturated heterocycles. The van der Waals surface area contributed by atoms with Crippen LogP contribution in [-0.4, -0.2) is 15.7 Å². The first-order chi connectivity index (χ1) is 9.56. The van der Waals surface area contributed by atoms with Crippen LogP contribution in [-0.2, 0) is 13.0 Å². The maximum absolute atomic E-state index is 6.38. The standard InChI is InChI=1S/C16H20Cl2N2/c1-4-20-15(16(18)12(3)19-20)9-14(10-17)13-7-5-11(2)6-8-13/h5-8,14H,4,9-10H2,1-3H3. The molecule has 0 fully saturated rings. The van der Waals surface area contributed by atoms with Gasteiger partial charge in [0.25, 0.3) is 0 Å². The van der Waals surface area contributed by atoms with E-state index in [2.05, 4.69) is 43.2 Å². The lowest BCUT2D eigenvalue weighted by molar-refractivity contribution is 0.596. The van der Waals surface area contributed by atoms with Gasteiger partial charge in [0, 0.05) is 18.3 Å². The summed E-state index contributed by atoms with van der Waals surface area (Å²) < 4.78 is 1.98. The lowest BCUT2D eigenvalue weighted by Gasteiger charge is -2.16. The van der Waals surface area contributed by atoms with Crippen LogP contribution in [0.2, 0.25) is 5.02 Å². The Hall–Kier alpha value is -0.990. The molecule has 1 heterocycles. The van der Waals surface area contributed by atoms with Crippen LogP contribution in [0.25, 0.3) is 0 Å². The first-order valence-corrected chi connectivity index (χ1v) is 7.82. The number of alkyl halides is 1. The van der Waals surface area contributed by atoms with Gasteiger partial charge in [0.15, 0.2) is 0 Å². The van der Waals surface area contributed by atoms with Crippen LogP contribution in [0, 0.1) is 13.8 Å². The molecule has 0 aliphatic heterocycles. The highest BCUT2D eigenvalue weighted by Crippen LogP contribution is 2.28. The van der Waals surface area contributed by atoms with Crippen LogP contribution < -0.4 is 0 Å². The number of aryl methyl sites for hydroxylation is 3. The Bertz CT molecular complexity index is 573. The lowest BCUT2D eigenvalue weighted by Crippen LogP contribution is -2.10. The summed E-state index contributed by atoms with van der Waals surface area (Å²) in [5.74, 6) is 0.837. The van der Waals surface area contributed by atoms with E-state index in [1.54, 1.807) is 0 Å². The molecular weight excluding hydrogens is 291 g/mol. The molecule has 0 N–H and O–H groups in total. The van der Waals surface area contributed by atoms with E-state index in [0.29, 0.717) is 5.88 Å². The van der Waals surface area contributed by atoms with Gasteiger partial charge in [0.2, 0.25) is 0 Å². The predicted octanol–water partition coefficient (Wildman–Crippen LogP) is 4.74. The minimum Gasteiger partial charge on any atom is -0.268 e. The zero-order valence-electron chi connectivity index (χ0n) is 12.2. The van der Waals surface area contributed by atoms with Crippen LogP contribution in [0.5, 0.6) is 0 Å². The van der Waals surface area contributed by atoms with Crippen LogP contribution >= 0.6 is 23.2 Å². The largest absolute Gasteiger partial charge is 0.268 e. The van der Waals surface area contributed by atoms with E-state index in [1.165, 1.54) is 11.1 Å². The smallest absolute Gasteiger partial charge is 0.0847 e. The van der Waals surface area contributed by atoms with E-state index in [0.717, 1.165) is 29.4 Å². The van der Waals surface area contributed by atoms with Crippen LogP contribution in [0.3, 0.4) is 0 Å². The van der Waals surface area contributed by atoms with Crippen molar-refractivity contribution in [3.8, 4) is 0 Å². The predicted molar refractivity (Wildman–Crippen MR) is 86.0 cm³/mol. The Morgan fingerprint density at radius 2 is 1.85 bits per heavy atom. The second kappa shape index (κ2) is 6.64. The molecule has 1 aromatic heterocycles. The van der Waals surface area contributed by atoms with Gasteiger partial charge in [-0.2, -0.15) is 5.10 Å². The molecule has 1 aromatic carbocycles. The summed E-state index contributed by atoms with van der Waals surface area (Å²) in [5, 5.41) is 5.24. The lowest BCUT2D eigenvalue weighted by atomic mass is 9.95. The van der Waals surface area contributed by atoms with E-state index in [-0.39, 0.29) is 5.92 Å². The zero-order valence-corrected chi connectivity index (χ0v) is 13.7. The number of halogens is 2. The van der Waals surface area contributed by atoms with Gasteiger partial charge in [-0.05, 0) is 32.8 Å². The third kappa shape index (κ3) is 3.18. The van der Waals surface area contributed by atoms with Crippen LogP contribution in [0.1, 0.15) is 35.4 Å². The fourth-order valence-corrected chi connectivity index (χ4v) is 2.90. The zero-order chi connectivity index (χ0) is 14.7. The quantitative estimate of drug-likeness (QED) is 0.729. The van der Waals surface area contributed by atoms with Gasteiger partial charge in [-0.1, -0.05) is 41.4 Å². The Labute approximate surface area is 130 Å². The SMILES string of the molecule is CCn1nc(C)c(Cl)c1CC(CCl)c1ccc(C)cc1. The van der Waals surface area contributed by atoms with Gasteiger partial charge in [-0.25, -0.2) is 0 Å². The third-order valence-corrected chi connectivity index (χ3v) is 4.49. The molecule has 1 atom stereocenters.